The lowest BCUT2D eigenvalue weighted by atomic mass is 10.2. The molecule has 0 bridgehead atoms. The SMILES string of the molecule is Cc1cc(C(=O)Nc2ccccc2C#N)nc(N(C)c2ccccc2)n1. The van der Waals surface area contributed by atoms with Gasteiger partial charge >= 0.3 is 0 Å². The largest absolute Gasteiger partial charge is 0.319 e. The van der Waals surface area contributed by atoms with Gasteiger partial charge in [-0.2, -0.15) is 5.26 Å². The molecule has 26 heavy (non-hydrogen) atoms. The lowest BCUT2D eigenvalue weighted by Gasteiger charge is -2.18. The summed E-state index contributed by atoms with van der Waals surface area (Å²) in [6, 6.07) is 20.2. The van der Waals surface area contributed by atoms with E-state index in [-0.39, 0.29) is 11.6 Å². The van der Waals surface area contributed by atoms with E-state index in [1.54, 1.807) is 30.3 Å². The average molecular weight is 343 g/mol. The Morgan fingerprint density at radius 3 is 2.50 bits per heavy atom. The molecule has 1 amide bonds. The number of hydrogen-bond acceptors (Lipinski definition) is 5. The maximum atomic E-state index is 12.6. The van der Waals surface area contributed by atoms with Gasteiger partial charge in [-0.15, -0.1) is 0 Å². The Balaban J connectivity index is 1.90. The van der Waals surface area contributed by atoms with Gasteiger partial charge in [0.15, 0.2) is 0 Å². The second-order valence-electron chi connectivity index (χ2n) is 5.70. The monoisotopic (exact) mass is 343 g/mol. The summed E-state index contributed by atoms with van der Waals surface area (Å²) < 4.78 is 0. The van der Waals surface area contributed by atoms with E-state index in [9.17, 15) is 4.79 Å². The third-order valence-electron chi connectivity index (χ3n) is 3.81. The molecule has 1 heterocycles. The van der Waals surface area contributed by atoms with Gasteiger partial charge in [0.05, 0.1) is 11.3 Å². The number of nitriles is 1. The molecule has 0 unspecified atom stereocenters. The van der Waals surface area contributed by atoms with Crippen LogP contribution in [0.5, 0.6) is 0 Å². The maximum Gasteiger partial charge on any atom is 0.274 e. The van der Waals surface area contributed by atoms with Crippen molar-refractivity contribution in [2.24, 2.45) is 0 Å². The van der Waals surface area contributed by atoms with Gasteiger partial charge in [-0.3, -0.25) is 4.79 Å². The number of amides is 1. The van der Waals surface area contributed by atoms with E-state index in [0.29, 0.717) is 22.9 Å². The topological polar surface area (TPSA) is 81.9 Å². The number of nitrogens with one attached hydrogen (secondary N) is 1. The highest BCUT2D eigenvalue weighted by molar-refractivity contribution is 6.03. The molecule has 0 saturated carbocycles. The number of benzene rings is 2. The molecule has 128 valence electrons. The van der Waals surface area contributed by atoms with Crippen LogP contribution >= 0.6 is 0 Å². The predicted molar refractivity (Wildman–Crippen MR) is 100 cm³/mol. The van der Waals surface area contributed by atoms with E-state index in [2.05, 4.69) is 21.4 Å². The Kier molecular flexibility index (Phi) is 4.90. The van der Waals surface area contributed by atoms with Gasteiger partial charge in [-0.05, 0) is 37.3 Å². The Morgan fingerprint density at radius 1 is 1.08 bits per heavy atom. The molecule has 6 nitrogen and oxygen atoms in total. The molecule has 0 aliphatic carbocycles. The van der Waals surface area contributed by atoms with Crippen molar-refractivity contribution in [1.82, 2.24) is 9.97 Å². The van der Waals surface area contributed by atoms with Crippen LogP contribution in [0.4, 0.5) is 17.3 Å². The fourth-order valence-corrected chi connectivity index (χ4v) is 2.46. The third-order valence-corrected chi connectivity index (χ3v) is 3.81. The van der Waals surface area contributed by atoms with Crippen LogP contribution in [-0.2, 0) is 0 Å². The van der Waals surface area contributed by atoms with Crippen LogP contribution in [0.15, 0.2) is 60.7 Å². The standard InChI is InChI=1S/C20H17N5O/c1-14-12-18(19(26)23-17-11-7-6-8-15(17)13-21)24-20(22-14)25(2)16-9-4-3-5-10-16/h3-12H,1-2H3,(H,23,26). The first-order valence-corrected chi connectivity index (χ1v) is 8.03. The van der Waals surface area contributed by atoms with Gasteiger partial charge < -0.3 is 10.2 Å². The Morgan fingerprint density at radius 2 is 1.77 bits per heavy atom. The lowest BCUT2D eigenvalue weighted by molar-refractivity contribution is 0.102. The van der Waals surface area contributed by atoms with Crippen molar-refractivity contribution in [3.05, 3.63) is 77.6 Å². The van der Waals surface area contributed by atoms with Crippen molar-refractivity contribution in [2.75, 3.05) is 17.3 Å². The van der Waals surface area contributed by atoms with Gasteiger partial charge in [0.25, 0.3) is 5.91 Å². The highest BCUT2D eigenvalue weighted by Gasteiger charge is 2.15. The van der Waals surface area contributed by atoms with Crippen molar-refractivity contribution in [2.45, 2.75) is 6.92 Å². The molecule has 6 heteroatoms. The molecular weight excluding hydrogens is 326 g/mol. The van der Waals surface area contributed by atoms with E-state index in [1.807, 2.05) is 49.2 Å². The molecule has 2 aromatic carbocycles. The van der Waals surface area contributed by atoms with Crippen LogP contribution in [0.3, 0.4) is 0 Å². The minimum Gasteiger partial charge on any atom is -0.319 e. The molecule has 0 fully saturated rings. The first-order valence-electron chi connectivity index (χ1n) is 8.03. The van der Waals surface area contributed by atoms with Gasteiger partial charge in [-0.25, -0.2) is 9.97 Å². The summed E-state index contributed by atoms with van der Waals surface area (Å²) in [6.07, 6.45) is 0. The number of rotatable bonds is 4. The van der Waals surface area contributed by atoms with Crippen molar-refractivity contribution >= 4 is 23.2 Å². The van der Waals surface area contributed by atoms with E-state index >= 15 is 0 Å². The van der Waals surface area contributed by atoms with E-state index in [1.165, 1.54) is 0 Å². The normalized spacial score (nSPS) is 10.0. The summed E-state index contributed by atoms with van der Waals surface area (Å²) in [6.45, 7) is 1.81. The summed E-state index contributed by atoms with van der Waals surface area (Å²) in [5, 5.41) is 11.9. The summed E-state index contributed by atoms with van der Waals surface area (Å²) in [7, 11) is 1.84. The Hall–Kier alpha value is -3.72. The van der Waals surface area contributed by atoms with Crippen LogP contribution in [0, 0.1) is 18.3 Å². The fraction of sp³-hybridized carbons (Fsp3) is 0.100. The Labute approximate surface area is 151 Å². The molecule has 1 N–H and O–H groups in total. The van der Waals surface area contributed by atoms with Crippen molar-refractivity contribution < 1.29 is 4.79 Å². The molecular formula is C20H17N5O. The zero-order chi connectivity index (χ0) is 18.5. The number of aryl methyl sites for hydroxylation is 1. The minimum atomic E-state index is -0.388. The van der Waals surface area contributed by atoms with Gasteiger partial charge in [0, 0.05) is 18.4 Å². The maximum absolute atomic E-state index is 12.6. The number of nitrogens with zero attached hydrogens (tertiary/aromatic N) is 4. The van der Waals surface area contributed by atoms with Crippen molar-refractivity contribution in [1.29, 1.82) is 5.26 Å². The van der Waals surface area contributed by atoms with Gasteiger partial charge in [0.2, 0.25) is 5.95 Å². The quantitative estimate of drug-likeness (QED) is 0.781. The van der Waals surface area contributed by atoms with Crippen LogP contribution in [-0.4, -0.2) is 22.9 Å². The van der Waals surface area contributed by atoms with E-state index in [0.717, 1.165) is 5.69 Å². The second-order valence-corrected chi connectivity index (χ2v) is 5.70. The van der Waals surface area contributed by atoms with Crippen LogP contribution in [0.2, 0.25) is 0 Å². The zero-order valence-electron chi connectivity index (χ0n) is 14.5. The van der Waals surface area contributed by atoms with Gasteiger partial charge in [-0.1, -0.05) is 30.3 Å². The molecule has 0 spiro atoms. The molecule has 0 aliphatic rings. The zero-order valence-corrected chi connectivity index (χ0v) is 14.5. The number of carbonyl (C=O) groups is 1. The summed E-state index contributed by atoms with van der Waals surface area (Å²) in [5.41, 5.74) is 2.68. The molecule has 0 aliphatic heterocycles. The number of para-hydroxylation sites is 2. The minimum absolute atomic E-state index is 0.239. The third kappa shape index (κ3) is 3.68. The smallest absolute Gasteiger partial charge is 0.274 e. The second kappa shape index (κ2) is 7.45. The summed E-state index contributed by atoms with van der Waals surface area (Å²) in [4.78, 5) is 23.2. The molecule has 3 rings (SSSR count). The molecule has 1 aromatic heterocycles. The first-order chi connectivity index (χ1) is 12.6. The predicted octanol–water partition coefficient (Wildman–Crippen LogP) is 3.68. The number of hydrogen-bond donors (Lipinski definition) is 1. The van der Waals surface area contributed by atoms with Gasteiger partial charge in [0.1, 0.15) is 11.8 Å². The molecule has 0 saturated heterocycles. The highest BCUT2D eigenvalue weighted by Crippen LogP contribution is 2.21. The van der Waals surface area contributed by atoms with Crippen LogP contribution in [0.1, 0.15) is 21.7 Å². The fourth-order valence-electron chi connectivity index (χ4n) is 2.46. The van der Waals surface area contributed by atoms with Crippen LogP contribution < -0.4 is 10.2 Å². The lowest BCUT2D eigenvalue weighted by Crippen LogP contribution is -2.19. The van der Waals surface area contributed by atoms with Crippen molar-refractivity contribution in [3.63, 3.8) is 0 Å². The number of anilines is 3. The van der Waals surface area contributed by atoms with E-state index < -0.39 is 0 Å². The Bertz CT molecular complexity index is 979. The molecule has 0 radical (unpaired) electrons. The van der Waals surface area contributed by atoms with Crippen LogP contribution in [0.25, 0.3) is 0 Å². The van der Waals surface area contributed by atoms with E-state index in [4.69, 9.17) is 5.26 Å². The summed E-state index contributed by atoms with van der Waals surface area (Å²) in [5.74, 6) is 0.0378. The molecule has 0 atom stereocenters. The summed E-state index contributed by atoms with van der Waals surface area (Å²) >= 11 is 0. The number of carbonyl (C=O) groups excluding carboxylic acids is 1. The number of aromatic nitrogens is 2. The first kappa shape index (κ1) is 17.1. The molecule has 3 aromatic rings. The highest BCUT2D eigenvalue weighted by atomic mass is 16.1. The van der Waals surface area contributed by atoms with Crippen molar-refractivity contribution in [3.8, 4) is 6.07 Å². The average Bonchev–Trinajstić information content (AvgIpc) is 2.68.